The quantitative estimate of drug-likeness (QED) is 0.414. The van der Waals surface area contributed by atoms with Crippen LogP contribution in [0.3, 0.4) is 0 Å². The Labute approximate surface area is 204 Å². The summed E-state index contributed by atoms with van der Waals surface area (Å²) < 4.78 is 0. The minimum Gasteiger partial charge on any atom is -0.508 e. The average Bonchev–Trinajstić information content (AvgIpc) is 2.76. The predicted octanol–water partition coefficient (Wildman–Crippen LogP) is 1.55. The van der Waals surface area contributed by atoms with Gasteiger partial charge < -0.3 is 25.5 Å². The lowest BCUT2D eigenvalue weighted by atomic mass is 9.49. The molecule has 1 aromatic rings. The molecule has 4 aliphatic rings. The van der Waals surface area contributed by atoms with E-state index in [1.54, 1.807) is 0 Å². The number of benzene rings is 1. The van der Waals surface area contributed by atoms with Crippen molar-refractivity contribution < 1.29 is 39.9 Å². The van der Waals surface area contributed by atoms with Crippen molar-refractivity contribution in [2.75, 3.05) is 13.1 Å². The molecule has 5 rings (SSSR count). The van der Waals surface area contributed by atoms with Crippen molar-refractivity contribution in [2.45, 2.75) is 75.5 Å². The van der Waals surface area contributed by atoms with Gasteiger partial charge in [0.05, 0.1) is 0 Å². The predicted molar refractivity (Wildman–Crippen MR) is 125 cm³/mol. The number of carboxylic acids is 2. The third kappa shape index (κ3) is 4.81. The van der Waals surface area contributed by atoms with Gasteiger partial charge in [-0.2, -0.15) is 0 Å². The number of nitrogens with zero attached hydrogens (tertiary/aromatic N) is 1. The minimum atomic E-state index is -2.27. The molecule has 9 heteroatoms. The second-order valence-electron chi connectivity index (χ2n) is 10.8. The molecule has 3 aliphatic carbocycles. The van der Waals surface area contributed by atoms with Gasteiger partial charge >= 0.3 is 11.9 Å². The SMILES string of the molecule is C[C@H]1CC(=O)C[C@]23CCN(CC4CCC4)[C@H](Cc4ccc(O)cc42)[C@H]13.O=C(O)C(O)C(O)C(=O)O. The number of likely N-dealkylation sites (tertiary alicyclic amines) is 1. The summed E-state index contributed by atoms with van der Waals surface area (Å²) in [6, 6.07) is 6.50. The van der Waals surface area contributed by atoms with Crippen molar-refractivity contribution in [1.29, 1.82) is 0 Å². The van der Waals surface area contributed by atoms with Crippen LogP contribution < -0.4 is 0 Å². The van der Waals surface area contributed by atoms with E-state index in [1.807, 2.05) is 12.1 Å². The molecule has 1 saturated heterocycles. The molecule has 5 N–H and O–H groups in total. The largest absolute Gasteiger partial charge is 0.508 e. The van der Waals surface area contributed by atoms with E-state index in [-0.39, 0.29) is 5.41 Å². The first-order chi connectivity index (χ1) is 16.5. The lowest BCUT2D eigenvalue weighted by Gasteiger charge is -2.61. The molecule has 9 nitrogen and oxygen atoms in total. The number of phenolic OH excluding ortho intramolecular Hbond substituents is 1. The Morgan fingerprint density at radius 2 is 1.77 bits per heavy atom. The lowest BCUT2D eigenvalue weighted by Crippen LogP contribution is -2.64. The maximum Gasteiger partial charge on any atom is 0.335 e. The Kier molecular flexibility index (Phi) is 7.22. The Morgan fingerprint density at radius 1 is 1.11 bits per heavy atom. The normalized spacial score (nSPS) is 31.6. The minimum absolute atomic E-state index is 0.0259. The first-order valence-corrected chi connectivity index (χ1v) is 12.4. The summed E-state index contributed by atoms with van der Waals surface area (Å²) in [5.74, 6) is -0.850. The standard InChI is InChI=1S/C22H29NO2.C4H6O6/c1-14-9-18(25)12-22-7-8-23(13-15-3-2-4-15)20(21(14)22)10-16-5-6-17(24)11-19(16)22;5-1(3(7)8)2(6)4(9)10/h5-6,11,14-15,20-21,24H,2-4,7-10,12-13H2,1H3;1-2,5-6H,(H,7,8)(H,9,10)/t14-,20+,21-,22+;/m0./s1. The Hall–Kier alpha value is -2.49. The molecular formula is C26H35NO8. The number of hydrogen-bond donors (Lipinski definition) is 5. The first kappa shape index (κ1) is 25.6. The molecule has 2 unspecified atom stereocenters. The van der Waals surface area contributed by atoms with E-state index in [1.165, 1.54) is 36.9 Å². The zero-order valence-electron chi connectivity index (χ0n) is 20.0. The molecule has 192 valence electrons. The molecule has 3 fully saturated rings. The van der Waals surface area contributed by atoms with Crippen LogP contribution in [-0.4, -0.2) is 79.5 Å². The van der Waals surface area contributed by atoms with Crippen LogP contribution in [0.1, 0.15) is 56.6 Å². The fraction of sp³-hybridized carbons (Fsp3) is 0.654. The Bertz CT molecular complexity index is 974. The van der Waals surface area contributed by atoms with Crippen molar-refractivity contribution in [2.24, 2.45) is 17.8 Å². The van der Waals surface area contributed by atoms with Crippen molar-refractivity contribution in [3.8, 4) is 5.75 Å². The molecule has 6 atom stereocenters. The summed E-state index contributed by atoms with van der Waals surface area (Å²) in [7, 11) is 0. The van der Waals surface area contributed by atoms with Gasteiger partial charge in [0.25, 0.3) is 0 Å². The van der Waals surface area contributed by atoms with Gasteiger partial charge in [0.1, 0.15) is 11.5 Å². The van der Waals surface area contributed by atoms with Gasteiger partial charge in [-0.1, -0.05) is 19.4 Å². The van der Waals surface area contributed by atoms with Crippen LogP contribution in [0.4, 0.5) is 0 Å². The highest BCUT2D eigenvalue weighted by atomic mass is 16.4. The van der Waals surface area contributed by atoms with E-state index in [0.717, 1.165) is 31.7 Å². The molecule has 35 heavy (non-hydrogen) atoms. The number of aliphatic hydroxyl groups is 2. The van der Waals surface area contributed by atoms with Crippen LogP contribution in [0.25, 0.3) is 0 Å². The summed E-state index contributed by atoms with van der Waals surface area (Å²) in [5.41, 5.74) is 2.64. The number of fused-ring (bicyclic) bond motifs is 1. The molecule has 0 aromatic heterocycles. The van der Waals surface area contributed by atoms with Crippen LogP contribution in [0.15, 0.2) is 18.2 Å². The van der Waals surface area contributed by atoms with E-state index in [9.17, 15) is 19.5 Å². The molecule has 0 amide bonds. The molecule has 1 aromatic carbocycles. The number of carbonyl (C=O) groups excluding carboxylic acids is 1. The Balaban J connectivity index is 0.000000248. The number of piperidine rings is 1. The molecule has 0 spiro atoms. The maximum atomic E-state index is 12.6. The topological polar surface area (TPSA) is 156 Å². The number of phenols is 1. The fourth-order valence-electron chi connectivity index (χ4n) is 6.91. The van der Waals surface area contributed by atoms with Crippen molar-refractivity contribution in [1.82, 2.24) is 4.90 Å². The van der Waals surface area contributed by atoms with E-state index in [4.69, 9.17) is 20.4 Å². The number of carboxylic acid groups (broad SMARTS) is 2. The van der Waals surface area contributed by atoms with Gasteiger partial charge in [-0.25, -0.2) is 9.59 Å². The van der Waals surface area contributed by atoms with Crippen LogP contribution in [-0.2, 0) is 26.2 Å². The van der Waals surface area contributed by atoms with Crippen LogP contribution in [0.5, 0.6) is 5.75 Å². The van der Waals surface area contributed by atoms with E-state index >= 15 is 0 Å². The van der Waals surface area contributed by atoms with E-state index < -0.39 is 24.1 Å². The number of carbonyl (C=O) groups is 3. The van der Waals surface area contributed by atoms with E-state index in [2.05, 4.69) is 17.9 Å². The number of hydrogen-bond acceptors (Lipinski definition) is 7. The molecule has 1 heterocycles. The number of aliphatic carboxylic acids is 2. The molecule has 1 aliphatic heterocycles. The number of Topliss-reactive ketones (excluding diaryl/α,β-unsaturated/α-hetero) is 1. The molecule has 0 radical (unpaired) electrons. The number of rotatable bonds is 5. The molecule has 2 bridgehead atoms. The third-order valence-corrected chi connectivity index (χ3v) is 8.62. The highest BCUT2D eigenvalue weighted by molar-refractivity contribution is 5.83. The van der Waals surface area contributed by atoms with Crippen molar-refractivity contribution in [3.63, 3.8) is 0 Å². The van der Waals surface area contributed by atoms with Gasteiger partial charge in [0, 0.05) is 30.8 Å². The number of aliphatic hydroxyl groups excluding tert-OH is 2. The molecular weight excluding hydrogens is 454 g/mol. The lowest BCUT2D eigenvalue weighted by molar-refractivity contribution is -0.165. The van der Waals surface area contributed by atoms with Gasteiger partial charge in [-0.3, -0.25) is 9.69 Å². The second-order valence-corrected chi connectivity index (χ2v) is 10.8. The van der Waals surface area contributed by atoms with Gasteiger partial charge in [0.15, 0.2) is 12.2 Å². The van der Waals surface area contributed by atoms with Crippen LogP contribution in [0, 0.1) is 17.8 Å². The summed E-state index contributed by atoms with van der Waals surface area (Å²) >= 11 is 0. The maximum absolute atomic E-state index is 12.6. The third-order valence-electron chi connectivity index (χ3n) is 8.62. The van der Waals surface area contributed by atoms with Crippen molar-refractivity contribution in [3.05, 3.63) is 29.3 Å². The second kappa shape index (κ2) is 9.87. The summed E-state index contributed by atoms with van der Waals surface area (Å²) in [6.07, 6.45) is 3.27. The summed E-state index contributed by atoms with van der Waals surface area (Å²) in [6.45, 7) is 4.67. The number of aromatic hydroxyl groups is 1. The van der Waals surface area contributed by atoms with Crippen LogP contribution >= 0.6 is 0 Å². The van der Waals surface area contributed by atoms with Crippen LogP contribution in [0.2, 0.25) is 0 Å². The Morgan fingerprint density at radius 3 is 2.34 bits per heavy atom. The molecule has 2 saturated carbocycles. The van der Waals surface area contributed by atoms with E-state index in [0.29, 0.717) is 35.8 Å². The first-order valence-electron chi connectivity index (χ1n) is 12.4. The zero-order valence-corrected chi connectivity index (χ0v) is 20.0. The van der Waals surface area contributed by atoms with Gasteiger partial charge in [-0.05, 0) is 73.2 Å². The van der Waals surface area contributed by atoms with Crippen molar-refractivity contribution >= 4 is 17.7 Å². The number of ketones is 1. The highest BCUT2D eigenvalue weighted by Crippen LogP contribution is 2.57. The smallest absolute Gasteiger partial charge is 0.335 e. The summed E-state index contributed by atoms with van der Waals surface area (Å²) in [5, 5.41) is 42.6. The summed E-state index contributed by atoms with van der Waals surface area (Å²) in [4.78, 5) is 34.9. The van der Waals surface area contributed by atoms with Gasteiger partial charge in [-0.15, -0.1) is 0 Å². The fourth-order valence-corrected chi connectivity index (χ4v) is 6.91. The highest BCUT2D eigenvalue weighted by Gasteiger charge is 2.58. The zero-order chi connectivity index (χ0) is 25.5. The average molecular weight is 490 g/mol. The monoisotopic (exact) mass is 489 g/mol. The van der Waals surface area contributed by atoms with Gasteiger partial charge in [0.2, 0.25) is 0 Å².